The van der Waals surface area contributed by atoms with Gasteiger partial charge in [-0.2, -0.15) is 0 Å². The molecule has 0 aromatic heterocycles. The van der Waals surface area contributed by atoms with Crippen molar-refractivity contribution >= 4 is 33.2 Å². The Balaban J connectivity index is 2.03. The Hall–Kier alpha value is -2.05. The van der Waals surface area contributed by atoms with Gasteiger partial charge in [-0.05, 0) is 81.0 Å². The lowest BCUT2D eigenvalue weighted by Gasteiger charge is -2.24. The van der Waals surface area contributed by atoms with Crippen molar-refractivity contribution in [1.82, 2.24) is 5.32 Å². The summed E-state index contributed by atoms with van der Waals surface area (Å²) in [6.45, 7) is 10.1. The van der Waals surface area contributed by atoms with Crippen LogP contribution in [0.1, 0.15) is 53.6 Å². The van der Waals surface area contributed by atoms with Crippen LogP contribution < -0.4 is 9.62 Å². The highest BCUT2D eigenvalue weighted by Gasteiger charge is 2.20. The van der Waals surface area contributed by atoms with Crippen molar-refractivity contribution in [3.63, 3.8) is 0 Å². The number of rotatable bonds is 8. The van der Waals surface area contributed by atoms with Gasteiger partial charge in [-0.25, -0.2) is 8.42 Å². The summed E-state index contributed by atoms with van der Waals surface area (Å²) in [5, 5.41) is 3.54. The Kier molecular flexibility index (Phi) is 7.94. The zero-order valence-corrected chi connectivity index (χ0v) is 20.1. The van der Waals surface area contributed by atoms with Gasteiger partial charge in [0.05, 0.1) is 18.0 Å². The zero-order valence-electron chi connectivity index (χ0n) is 18.5. The lowest BCUT2D eigenvalue weighted by molar-refractivity contribution is -0.121. The predicted octanol–water partition coefficient (Wildman–Crippen LogP) is 5.00. The first-order valence-electron chi connectivity index (χ1n) is 10.0. The fraction of sp³-hybridized carbons (Fsp3) is 0.435. The molecule has 0 aliphatic carbocycles. The van der Waals surface area contributed by atoms with E-state index in [-0.39, 0.29) is 24.9 Å². The van der Waals surface area contributed by atoms with Crippen molar-refractivity contribution in [1.29, 1.82) is 0 Å². The Labute approximate surface area is 185 Å². The van der Waals surface area contributed by atoms with Crippen LogP contribution in [0.15, 0.2) is 30.3 Å². The maximum atomic E-state index is 12.5. The van der Waals surface area contributed by atoms with Gasteiger partial charge in [0.1, 0.15) is 0 Å². The van der Waals surface area contributed by atoms with Crippen molar-refractivity contribution in [2.75, 3.05) is 17.1 Å². The van der Waals surface area contributed by atoms with Crippen LogP contribution in [0, 0.1) is 27.7 Å². The van der Waals surface area contributed by atoms with Crippen LogP contribution in [-0.4, -0.2) is 27.1 Å². The summed E-state index contributed by atoms with van der Waals surface area (Å²) < 4.78 is 25.9. The van der Waals surface area contributed by atoms with Crippen LogP contribution in [-0.2, 0) is 14.8 Å². The van der Waals surface area contributed by atoms with Crippen molar-refractivity contribution < 1.29 is 13.2 Å². The molecule has 5 nitrogen and oxygen atoms in total. The molecule has 0 aliphatic rings. The van der Waals surface area contributed by atoms with E-state index in [4.69, 9.17) is 11.6 Å². The number of halogens is 1. The average molecular weight is 451 g/mol. The normalized spacial score (nSPS) is 12.5. The summed E-state index contributed by atoms with van der Waals surface area (Å²) in [6, 6.07) is 9.31. The summed E-state index contributed by atoms with van der Waals surface area (Å²) in [4.78, 5) is 12.5. The molecule has 0 fully saturated rings. The van der Waals surface area contributed by atoms with Crippen LogP contribution in [0.3, 0.4) is 0 Å². The van der Waals surface area contributed by atoms with Crippen LogP contribution in [0.5, 0.6) is 0 Å². The molecule has 0 unspecified atom stereocenters. The molecule has 2 aromatic carbocycles. The quantitative estimate of drug-likeness (QED) is 0.615. The standard InChI is InChI=1S/C23H31ClN2O3S/c1-15-13-17(3)20(14-16(15)2)19(5)25-23(27)11-8-12-26(30(6,28)29)22-10-7-9-21(24)18(22)4/h7,9-10,13-14,19H,8,11-12H2,1-6H3,(H,25,27)/t19-/m1/s1. The Bertz CT molecular complexity index is 1030. The van der Waals surface area contributed by atoms with Crippen LogP contribution in [0.25, 0.3) is 0 Å². The first kappa shape index (κ1) is 24.2. The van der Waals surface area contributed by atoms with Crippen molar-refractivity contribution in [3.05, 3.63) is 63.2 Å². The molecule has 1 amide bonds. The summed E-state index contributed by atoms with van der Waals surface area (Å²) in [5.74, 6) is -0.101. The largest absolute Gasteiger partial charge is 0.350 e. The van der Waals surface area contributed by atoms with Gasteiger partial charge in [-0.15, -0.1) is 0 Å². The fourth-order valence-electron chi connectivity index (χ4n) is 3.56. The van der Waals surface area contributed by atoms with E-state index in [0.29, 0.717) is 22.7 Å². The molecule has 0 saturated carbocycles. The summed E-state index contributed by atoms with van der Waals surface area (Å²) in [5.41, 5.74) is 5.91. The molecule has 0 bridgehead atoms. The number of carbonyl (C=O) groups is 1. The number of benzene rings is 2. The molecule has 0 aliphatic heterocycles. The van der Waals surface area contributed by atoms with E-state index in [1.165, 1.54) is 15.4 Å². The molecular formula is C23H31ClN2O3S. The number of carbonyl (C=O) groups excluding carboxylic acids is 1. The molecule has 0 heterocycles. The molecule has 1 atom stereocenters. The fourth-order valence-corrected chi connectivity index (χ4v) is 4.74. The maximum Gasteiger partial charge on any atom is 0.232 e. The van der Waals surface area contributed by atoms with Crippen LogP contribution >= 0.6 is 11.6 Å². The average Bonchev–Trinajstić information content (AvgIpc) is 2.63. The second-order valence-corrected chi connectivity index (χ2v) is 10.2. The first-order chi connectivity index (χ1) is 13.9. The minimum atomic E-state index is -3.49. The lowest BCUT2D eigenvalue weighted by atomic mass is 9.96. The Morgan fingerprint density at radius 1 is 1.10 bits per heavy atom. The Morgan fingerprint density at radius 3 is 2.37 bits per heavy atom. The van der Waals surface area contributed by atoms with Gasteiger partial charge < -0.3 is 5.32 Å². The molecule has 7 heteroatoms. The van der Waals surface area contributed by atoms with Gasteiger partial charge in [0.25, 0.3) is 0 Å². The number of amides is 1. The first-order valence-corrected chi connectivity index (χ1v) is 12.2. The van der Waals surface area contributed by atoms with E-state index in [9.17, 15) is 13.2 Å². The van der Waals surface area contributed by atoms with E-state index >= 15 is 0 Å². The number of nitrogens with one attached hydrogen (secondary N) is 1. The summed E-state index contributed by atoms with van der Waals surface area (Å²) in [6.07, 6.45) is 1.81. The van der Waals surface area contributed by atoms with E-state index in [0.717, 1.165) is 17.4 Å². The Morgan fingerprint density at radius 2 is 1.73 bits per heavy atom. The highest BCUT2D eigenvalue weighted by molar-refractivity contribution is 7.92. The molecule has 0 saturated heterocycles. The third kappa shape index (κ3) is 5.99. The SMILES string of the molecule is Cc1cc(C)c([C@@H](C)NC(=O)CCCN(c2cccc(Cl)c2C)S(C)(=O)=O)cc1C. The smallest absolute Gasteiger partial charge is 0.232 e. The second kappa shape index (κ2) is 9.84. The monoisotopic (exact) mass is 450 g/mol. The van der Waals surface area contributed by atoms with Gasteiger partial charge in [0.2, 0.25) is 15.9 Å². The van der Waals surface area contributed by atoms with E-state index in [1.54, 1.807) is 25.1 Å². The van der Waals surface area contributed by atoms with Crippen molar-refractivity contribution in [2.24, 2.45) is 0 Å². The number of hydrogen-bond donors (Lipinski definition) is 1. The van der Waals surface area contributed by atoms with Gasteiger partial charge in [0.15, 0.2) is 0 Å². The summed E-state index contributed by atoms with van der Waals surface area (Å²) >= 11 is 6.16. The number of aryl methyl sites for hydroxylation is 3. The van der Waals surface area contributed by atoms with Gasteiger partial charge in [-0.1, -0.05) is 29.8 Å². The van der Waals surface area contributed by atoms with E-state index < -0.39 is 10.0 Å². The number of sulfonamides is 1. The van der Waals surface area contributed by atoms with Crippen LogP contribution in [0.2, 0.25) is 5.02 Å². The molecule has 0 radical (unpaired) electrons. The minimum absolute atomic E-state index is 0.101. The number of nitrogens with zero attached hydrogens (tertiary/aromatic N) is 1. The van der Waals surface area contributed by atoms with Gasteiger partial charge >= 0.3 is 0 Å². The highest BCUT2D eigenvalue weighted by Crippen LogP contribution is 2.28. The lowest BCUT2D eigenvalue weighted by Crippen LogP contribution is -2.33. The molecular weight excluding hydrogens is 420 g/mol. The molecule has 2 rings (SSSR count). The van der Waals surface area contributed by atoms with Crippen molar-refractivity contribution in [2.45, 2.75) is 53.5 Å². The topological polar surface area (TPSA) is 66.5 Å². The highest BCUT2D eigenvalue weighted by atomic mass is 35.5. The third-order valence-electron chi connectivity index (χ3n) is 5.40. The van der Waals surface area contributed by atoms with Crippen molar-refractivity contribution in [3.8, 4) is 0 Å². The maximum absolute atomic E-state index is 12.5. The number of hydrogen-bond acceptors (Lipinski definition) is 3. The minimum Gasteiger partial charge on any atom is -0.350 e. The zero-order chi connectivity index (χ0) is 22.6. The summed E-state index contributed by atoms with van der Waals surface area (Å²) in [7, 11) is -3.49. The van der Waals surface area contributed by atoms with Gasteiger partial charge in [-0.3, -0.25) is 9.10 Å². The predicted molar refractivity (Wildman–Crippen MR) is 125 cm³/mol. The van der Waals surface area contributed by atoms with Gasteiger partial charge in [0, 0.05) is 18.0 Å². The molecule has 1 N–H and O–H groups in total. The molecule has 164 valence electrons. The molecule has 0 spiro atoms. The molecule has 30 heavy (non-hydrogen) atoms. The second-order valence-electron chi connectivity index (χ2n) is 7.90. The van der Waals surface area contributed by atoms with Crippen LogP contribution in [0.4, 0.5) is 5.69 Å². The number of anilines is 1. The van der Waals surface area contributed by atoms with E-state index in [1.807, 2.05) is 13.8 Å². The van der Waals surface area contributed by atoms with E-state index in [2.05, 4.69) is 31.3 Å². The molecule has 2 aromatic rings. The third-order valence-corrected chi connectivity index (χ3v) is 6.99.